The first-order valence-corrected chi connectivity index (χ1v) is 10.0. The van der Waals surface area contributed by atoms with Crippen molar-refractivity contribution in [2.24, 2.45) is 5.16 Å². The molecule has 2 aromatic rings. The number of anilines is 1. The molecule has 0 radical (unpaired) electrons. The number of aromatic carboxylic acids is 1. The van der Waals surface area contributed by atoms with Crippen molar-refractivity contribution >= 4 is 28.3 Å². The quantitative estimate of drug-likeness (QED) is 0.712. The molecular formula is C21H25FN4O5. The summed E-state index contributed by atoms with van der Waals surface area (Å²) in [6.07, 6.45) is 1.96. The number of hydrogen-bond acceptors (Lipinski definition) is 7. The Morgan fingerprint density at radius 1 is 1.48 bits per heavy atom. The summed E-state index contributed by atoms with van der Waals surface area (Å²) in [7, 11) is 3.30. The number of benzene rings is 1. The van der Waals surface area contributed by atoms with Gasteiger partial charge in [-0.3, -0.25) is 4.79 Å². The smallest absolute Gasteiger partial charge is 0.341 e. The van der Waals surface area contributed by atoms with Crippen molar-refractivity contribution in [3.05, 3.63) is 33.9 Å². The molecule has 1 aromatic heterocycles. The van der Waals surface area contributed by atoms with Crippen molar-refractivity contribution in [3.8, 4) is 5.75 Å². The molecule has 9 nitrogen and oxygen atoms in total. The maximum Gasteiger partial charge on any atom is 0.341 e. The zero-order chi connectivity index (χ0) is 22.5. The number of carboxylic acids is 1. The zero-order valence-corrected chi connectivity index (χ0v) is 17.9. The number of carboxylic acid groups (broad SMARTS) is 1. The molecule has 4 rings (SSSR count). The van der Waals surface area contributed by atoms with Gasteiger partial charge in [0.2, 0.25) is 5.43 Å². The van der Waals surface area contributed by atoms with Crippen LogP contribution in [0.15, 0.2) is 22.2 Å². The van der Waals surface area contributed by atoms with Crippen LogP contribution in [0.25, 0.3) is 10.9 Å². The van der Waals surface area contributed by atoms with Crippen LogP contribution >= 0.6 is 0 Å². The van der Waals surface area contributed by atoms with E-state index in [0.29, 0.717) is 30.7 Å². The highest BCUT2D eigenvalue weighted by atomic mass is 19.1. The highest BCUT2D eigenvalue weighted by Crippen LogP contribution is 2.42. The number of nitrogens with one attached hydrogen (secondary N) is 1. The number of oxime groups is 1. The van der Waals surface area contributed by atoms with Crippen LogP contribution in [0, 0.1) is 5.82 Å². The molecule has 166 valence electrons. The molecule has 2 atom stereocenters. The van der Waals surface area contributed by atoms with E-state index in [4.69, 9.17) is 9.57 Å². The van der Waals surface area contributed by atoms with Gasteiger partial charge in [-0.05, 0) is 33.4 Å². The topological polar surface area (TPSA) is 105 Å². The molecule has 0 aliphatic carbocycles. The van der Waals surface area contributed by atoms with Gasteiger partial charge in [-0.1, -0.05) is 5.16 Å². The average molecular weight is 432 g/mol. The third-order valence-corrected chi connectivity index (χ3v) is 6.30. The summed E-state index contributed by atoms with van der Waals surface area (Å²) < 4.78 is 23.0. The maximum absolute atomic E-state index is 15.4. The monoisotopic (exact) mass is 432 g/mol. The fourth-order valence-corrected chi connectivity index (χ4v) is 4.30. The minimum absolute atomic E-state index is 0.00875. The van der Waals surface area contributed by atoms with Crippen LogP contribution in [0.3, 0.4) is 0 Å². The molecular weight excluding hydrogens is 407 g/mol. The SMILES string of the molecule is CNC1(C)CCN(c2c(F)cc3c(=O)c(C(=O)O)cn4c3c2OC[C@@H]4C)C/C1=N\OC. The summed E-state index contributed by atoms with van der Waals surface area (Å²) >= 11 is 0. The molecule has 1 aromatic carbocycles. The van der Waals surface area contributed by atoms with Crippen molar-refractivity contribution in [2.75, 3.05) is 38.8 Å². The number of piperidine rings is 1. The van der Waals surface area contributed by atoms with E-state index in [1.165, 1.54) is 13.3 Å². The second kappa shape index (κ2) is 7.52. The maximum atomic E-state index is 15.4. The second-order valence-corrected chi connectivity index (χ2v) is 8.15. The van der Waals surface area contributed by atoms with Crippen molar-refractivity contribution in [2.45, 2.75) is 31.8 Å². The molecule has 2 aliphatic rings. The van der Waals surface area contributed by atoms with Crippen LogP contribution in [0.1, 0.15) is 36.7 Å². The van der Waals surface area contributed by atoms with Crippen molar-refractivity contribution in [3.63, 3.8) is 0 Å². The van der Waals surface area contributed by atoms with Crippen LogP contribution < -0.4 is 20.4 Å². The average Bonchev–Trinajstić information content (AvgIpc) is 2.73. The van der Waals surface area contributed by atoms with E-state index in [9.17, 15) is 14.7 Å². The van der Waals surface area contributed by atoms with Crippen LogP contribution in [-0.4, -0.2) is 60.7 Å². The fourth-order valence-electron chi connectivity index (χ4n) is 4.30. The molecule has 1 saturated heterocycles. The minimum Gasteiger partial charge on any atom is -0.487 e. The molecule has 1 unspecified atom stereocenters. The second-order valence-electron chi connectivity index (χ2n) is 8.15. The fraction of sp³-hybridized carbons (Fsp3) is 0.476. The number of halogens is 1. The van der Waals surface area contributed by atoms with Gasteiger partial charge in [0.1, 0.15) is 25.0 Å². The summed E-state index contributed by atoms with van der Waals surface area (Å²) in [6, 6.07) is 0.895. The summed E-state index contributed by atoms with van der Waals surface area (Å²) in [5, 5.41) is 16.8. The molecule has 31 heavy (non-hydrogen) atoms. The normalized spacial score (nSPS) is 24.4. The number of rotatable bonds is 4. The van der Waals surface area contributed by atoms with E-state index in [0.717, 1.165) is 6.07 Å². The molecule has 3 heterocycles. The molecule has 0 saturated carbocycles. The first-order chi connectivity index (χ1) is 14.7. The van der Waals surface area contributed by atoms with Gasteiger partial charge in [-0.15, -0.1) is 0 Å². The van der Waals surface area contributed by atoms with Gasteiger partial charge in [-0.25, -0.2) is 9.18 Å². The van der Waals surface area contributed by atoms with Crippen molar-refractivity contribution in [1.29, 1.82) is 0 Å². The van der Waals surface area contributed by atoms with Crippen LogP contribution in [0.5, 0.6) is 5.75 Å². The lowest BCUT2D eigenvalue weighted by atomic mass is 9.87. The highest BCUT2D eigenvalue weighted by molar-refractivity contribution is 6.00. The first kappa shape index (κ1) is 21.1. The number of aromatic nitrogens is 1. The molecule has 2 aliphatic heterocycles. The lowest BCUT2D eigenvalue weighted by Crippen LogP contribution is -2.58. The van der Waals surface area contributed by atoms with E-state index >= 15 is 4.39 Å². The predicted octanol–water partition coefficient (Wildman–Crippen LogP) is 1.98. The van der Waals surface area contributed by atoms with Gasteiger partial charge in [0.25, 0.3) is 0 Å². The van der Waals surface area contributed by atoms with E-state index in [-0.39, 0.29) is 29.5 Å². The number of nitrogens with zero attached hydrogens (tertiary/aromatic N) is 3. The van der Waals surface area contributed by atoms with Crippen molar-refractivity contribution < 1.29 is 23.9 Å². The van der Waals surface area contributed by atoms with E-state index in [1.807, 2.05) is 25.8 Å². The van der Waals surface area contributed by atoms with Crippen LogP contribution in [-0.2, 0) is 4.84 Å². The third kappa shape index (κ3) is 3.21. The zero-order valence-electron chi connectivity index (χ0n) is 17.9. The Bertz CT molecular complexity index is 1160. The van der Waals surface area contributed by atoms with E-state index < -0.39 is 28.3 Å². The Morgan fingerprint density at radius 3 is 2.87 bits per heavy atom. The van der Waals surface area contributed by atoms with Crippen LogP contribution in [0.2, 0.25) is 0 Å². The molecule has 0 amide bonds. The Labute approximate surface area is 178 Å². The summed E-state index contributed by atoms with van der Waals surface area (Å²) in [4.78, 5) is 31.1. The molecule has 0 bridgehead atoms. The van der Waals surface area contributed by atoms with Crippen molar-refractivity contribution in [1.82, 2.24) is 9.88 Å². The number of pyridine rings is 1. The number of ether oxygens (including phenoxy) is 1. The number of carbonyl (C=O) groups is 1. The van der Waals surface area contributed by atoms with Crippen LogP contribution in [0.4, 0.5) is 10.1 Å². The van der Waals surface area contributed by atoms with E-state index in [2.05, 4.69) is 10.5 Å². The lowest BCUT2D eigenvalue weighted by molar-refractivity contribution is 0.0694. The molecule has 1 fully saturated rings. The van der Waals surface area contributed by atoms with Gasteiger partial charge >= 0.3 is 5.97 Å². The Hall–Kier alpha value is -3.14. The lowest BCUT2D eigenvalue weighted by Gasteiger charge is -2.42. The molecule has 10 heteroatoms. The molecule has 2 N–H and O–H groups in total. The standard InChI is InChI=1S/C21H25FN4O5/c1-11-10-31-19-16-12(18(27)13(20(28)29)8-26(11)16)7-14(22)17(19)25-6-5-21(2,23-3)15(9-25)24-30-4/h7-8,11,23H,5-6,9-10H2,1-4H3,(H,28,29)/b24-15+/t11-,21?/m0/s1. The first-order valence-electron chi connectivity index (χ1n) is 10.0. The Morgan fingerprint density at radius 2 is 2.23 bits per heavy atom. The van der Waals surface area contributed by atoms with Gasteiger partial charge < -0.3 is 29.5 Å². The van der Waals surface area contributed by atoms with Gasteiger partial charge in [-0.2, -0.15) is 0 Å². The van der Waals surface area contributed by atoms with E-state index in [1.54, 1.807) is 4.57 Å². The summed E-state index contributed by atoms with van der Waals surface area (Å²) in [5.41, 5.74) is -0.179. The summed E-state index contributed by atoms with van der Waals surface area (Å²) in [5.74, 6) is -1.75. The minimum atomic E-state index is -1.34. The largest absolute Gasteiger partial charge is 0.487 e. The third-order valence-electron chi connectivity index (χ3n) is 6.30. The highest BCUT2D eigenvalue weighted by Gasteiger charge is 2.38. The predicted molar refractivity (Wildman–Crippen MR) is 114 cm³/mol. The number of hydrogen-bond donors (Lipinski definition) is 2. The Balaban J connectivity index is 1.93. The Kier molecular flexibility index (Phi) is 5.12. The summed E-state index contributed by atoms with van der Waals surface area (Å²) in [6.45, 7) is 4.90. The van der Waals surface area contributed by atoms with Gasteiger partial charge in [0, 0.05) is 12.7 Å². The van der Waals surface area contributed by atoms with Gasteiger partial charge in [0.15, 0.2) is 11.6 Å². The van der Waals surface area contributed by atoms with Gasteiger partial charge in [0.05, 0.1) is 34.7 Å². The molecule has 0 spiro atoms.